The first-order valence-corrected chi connectivity index (χ1v) is 6.61. The highest BCUT2D eigenvalue weighted by Crippen LogP contribution is 2.22. The monoisotopic (exact) mass is 282 g/mol. The van der Waals surface area contributed by atoms with Gasteiger partial charge in [-0.05, 0) is 31.4 Å². The summed E-state index contributed by atoms with van der Waals surface area (Å²) in [5.74, 6) is -1.13. The molecule has 0 spiro atoms. The summed E-state index contributed by atoms with van der Waals surface area (Å²) in [5.41, 5.74) is 0.268. The molecule has 2 heterocycles. The van der Waals surface area contributed by atoms with Gasteiger partial charge in [0.2, 0.25) is 0 Å². The zero-order valence-electron chi connectivity index (χ0n) is 10.4. The van der Waals surface area contributed by atoms with Crippen LogP contribution in [-0.2, 0) is 4.79 Å². The van der Waals surface area contributed by atoms with Crippen LogP contribution in [0.2, 0.25) is 5.15 Å². The molecule has 1 aromatic rings. The summed E-state index contributed by atoms with van der Waals surface area (Å²) in [5, 5.41) is 9.17. The Morgan fingerprint density at radius 3 is 2.89 bits per heavy atom. The van der Waals surface area contributed by atoms with E-state index < -0.39 is 5.97 Å². The van der Waals surface area contributed by atoms with Gasteiger partial charge in [0.1, 0.15) is 10.8 Å². The summed E-state index contributed by atoms with van der Waals surface area (Å²) >= 11 is 5.77. The third kappa shape index (κ3) is 3.44. The average Bonchev–Trinajstić information content (AvgIpc) is 2.38. The van der Waals surface area contributed by atoms with Gasteiger partial charge in [-0.2, -0.15) is 0 Å². The number of carbonyl (C=O) groups is 2. The average molecular weight is 283 g/mol. The lowest BCUT2D eigenvalue weighted by atomic mass is 9.99. The van der Waals surface area contributed by atoms with Crippen molar-refractivity contribution >= 4 is 23.5 Å². The Morgan fingerprint density at radius 1 is 1.42 bits per heavy atom. The lowest BCUT2D eigenvalue weighted by Gasteiger charge is -2.34. The third-order valence-corrected chi connectivity index (χ3v) is 3.44. The van der Waals surface area contributed by atoms with E-state index >= 15 is 0 Å². The quantitative estimate of drug-likeness (QED) is 0.863. The molecule has 1 atom stereocenters. The van der Waals surface area contributed by atoms with Crippen molar-refractivity contribution in [3.05, 3.63) is 29.0 Å². The van der Waals surface area contributed by atoms with E-state index in [1.807, 2.05) is 0 Å². The van der Waals surface area contributed by atoms with Crippen LogP contribution >= 0.6 is 11.6 Å². The molecule has 0 bridgehead atoms. The molecule has 19 heavy (non-hydrogen) atoms. The van der Waals surface area contributed by atoms with Crippen molar-refractivity contribution in [2.24, 2.45) is 0 Å². The number of pyridine rings is 1. The van der Waals surface area contributed by atoms with Crippen LogP contribution in [0.15, 0.2) is 18.2 Å². The molecule has 0 aromatic carbocycles. The molecule has 1 aliphatic rings. The molecular weight excluding hydrogens is 268 g/mol. The zero-order valence-corrected chi connectivity index (χ0v) is 11.1. The highest BCUT2D eigenvalue weighted by Gasteiger charge is 2.29. The largest absolute Gasteiger partial charge is 0.481 e. The smallest absolute Gasteiger partial charge is 0.305 e. The lowest BCUT2D eigenvalue weighted by Crippen LogP contribution is -2.45. The second kappa shape index (κ2) is 6.02. The number of aliphatic carboxylic acids is 1. The van der Waals surface area contributed by atoms with Gasteiger partial charge >= 0.3 is 5.97 Å². The number of hydrogen-bond acceptors (Lipinski definition) is 3. The molecular formula is C13H15ClN2O3. The SMILES string of the molecule is O=C(O)CC1CCCCN1C(=O)c1cccc(Cl)n1. The van der Waals surface area contributed by atoms with Gasteiger partial charge in [-0.3, -0.25) is 9.59 Å². The summed E-state index contributed by atoms with van der Waals surface area (Å²) in [6, 6.07) is 4.61. The number of nitrogens with zero attached hydrogens (tertiary/aromatic N) is 2. The van der Waals surface area contributed by atoms with Gasteiger partial charge in [-0.25, -0.2) is 4.98 Å². The number of hydrogen-bond donors (Lipinski definition) is 1. The second-order valence-electron chi connectivity index (χ2n) is 4.59. The minimum absolute atomic E-state index is 0.0215. The molecule has 5 nitrogen and oxygen atoms in total. The fourth-order valence-corrected chi connectivity index (χ4v) is 2.52. The standard InChI is InChI=1S/C13H15ClN2O3/c14-11-6-3-5-10(15-11)13(19)16-7-2-1-4-9(16)8-12(17)18/h3,5-6,9H,1-2,4,7-8H2,(H,17,18). The molecule has 1 unspecified atom stereocenters. The molecule has 102 valence electrons. The van der Waals surface area contributed by atoms with Crippen molar-refractivity contribution in [3.8, 4) is 0 Å². The summed E-state index contributed by atoms with van der Waals surface area (Å²) < 4.78 is 0. The maximum absolute atomic E-state index is 12.4. The minimum Gasteiger partial charge on any atom is -0.481 e. The first kappa shape index (κ1) is 13.8. The molecule has 1 aliphatic heterocycles. The summed E-state index contributed by atoms with van der Waals surface area (Å²) in [7, 11) is 0. The van der Waals surface area contributed by atoms with Gasteiger partial charge in [0.05, 0.1) is 6.42 Å². The fraction of sp³-hybridized carbons (Fsp3) is 0.462. The number of carboxylic acids is 1. The van der Waals surface area contributed by atoms with Crippen LogP contribution in [0.25, 0.3) is 0 Å². The fourth-order valence-electron chi connectivity index (χ4n) is 2.36. The third-order valence-electron chi connectivity index (χ3n) is 3.23. The Kier molecular flexibility index (Phi) is 4.37. The maximum Gasteiger partial charge on any atom is 0.305 e. The minimum atomic E-state index is -0.885. The second-order valence-corrected chi connectivity index (χ2v) is 4.98. The summed E-state index contributed by atoms with van der Waals surface area (Å²) in [6.45, 7) is 0.574. The van der Waals surface area contributed by atoms with Gasteiger partial charge in [0.25, 0.3) is 5.91 Å². The van der Waals surface area contributed by atoms with Gasteiger partial charge in [0, 0.05) is 12.6 Å². The van der Waals surface area contributed by atoms with Gasteiger partial charge in [-0.1, -0.05) is 17.7 Å². The van der Waals surface area contributed by atoms with Gasteiger partial charge in [0.15, 0.2) is 0 Å². The van der Waals surface area contributed by atoms with E-state index in [-0.39, 0.29) is 29.2 Å². The van der Waals surface area contributed by atoms with Crippen LogP contribution in [0, 0.1) is 0 Å². The summed E-state index contributed by atoms with van der Waals surface area (Å²) in [6.07, 6.45) is 2.54. The number of halogens is 1. The maximum atomic E-state index is 12.4. The van der Waals surface area contributed by atoms with Gasteiger partial charge in [-0.15, -0.1) is 0 Å². The molecule has 1 aromatic heterocycles. The molecule has 1 saturated heterocycles. The van der Waals surface area contributed by atoms with E-state index in [1.165, 1.54) is 0 Å². The first-order valence-electron chi connectivity index (χ1n) is 6.23. The van der Waals surface area contributed by atoms with Crippen molar-refractivity contribution < 1.29 is 14.7 Å². The first-order chi connectivity index (χ1) is 9.08. The number of carboxylic acid groups (broad SMARTS) is 1. The Hall–Kier alpha value is -1.62. The van der Waals surface area contributed by atoms with Crippen LogP contribution in [0.5, 0.6) is 0 Å². The molecule has 6 heteroatoms. The van der Waals surface area contributed by atoms with E-state index in [0.29, 0.717) is 6.54 Å². The Balaban J connectivity index is 2.17. The number of piperidine rings is 1. The number of amides is 1. The molecule has 1 amide bonds. The van der Waals surface area contributed by atoms with E-state index in [0.717, 1.165) is 19.3 Å². The molecule has 1 fully saturated rings. The Bertz CT molecular complexity index is 493. The molecule has 0 radical (unpaired) electrons. The van der Waals surface area contributed by atoms with Crippen molar-refractivity contribution in [2.45, 2.75) is 31.7 Å². The molecule has 0 aliphatic carbocycles. The zero-order chi connectivity index (χ0) is 13.8. The van der Waals surface area contributed by atoms with E-state index in [1.54, 1.807) is 23.1 Å². The van der Waals surface area contributed by atoms with E-state index in [4.69, 9.17) is 16.7 Å². The van der Waals surface area contributed by atoms with Crippen LogP contribution < -0.4 is 0 Å². The van der Waals surface area contributed by atoms with Crippen molar-refractivity contribution in [1.29, 1.82) is 0 Å². The van der Waals surface area contributed by atoms with Crippen LogP contribution in [0.1, 0.15) is 36.2 Å². The normalized spacial score (nSPS) is 19.2. The Morgan fingerprint density at radius 2 is 2.21 bits per heavy atom. The van der Waals surface area contributed by atoms with E-state index in [2.05, 4.69) is 4.98 Å². The number of likely N-dealkylation sites (tertiary alicyclic amines) is 1. The number of carbonyl (C=O) groups excluding carboxylic acids is 1. The van der Waals surface area contributed by atoms with Crippen molar-refractivity contribution in [1.82, 2.24) is 9.88 Å². The molecule has 1 N–H and O–H groups in total. The highest BCUT2D eigenvalue weighted by molar-refractivity contribution is 6.29. The van der Waals surface area contributed by atoms with Crippen LogP contribution in [0.4, 0.5) is 0 Å². The topological polar surface area (TPSA) is 70.5 Å². The lowest BCUT2D eigenvalue weighted by molar-refractivity contribution is -0.138. The van der Waals surface area contributed by atoms with Crippen LogP contribution in [0.3, 0.4) is 0 Å². The predicted octanol–water partition coefficient (Wildman–Crippen LogP) is 2.20. The van der Waals surface area contributed by atoms with Crippen molar-refractivity contribution in [2.75, 3.05) is 6.54 Å². The van der Waals surface area contributed by atoms with Crippen LogP contribution in [-0.4, -0.2) is 39.5 Å². The predicted molar refractivity (Wildman–Crippen MR) is 70.2 cm³/mol. The highest BCUT2D eigenvalue weighted by atomic mass is 35.5. The van der Waals surface area contributed by atoms with Crippen molar-refractivity contribution in [3.63, 3.8) is 0 Å². The Labute approximate surface area is 116 Å². The number of aromatic nitrogens is 1. The molecule has 2 rings (SSSR count). The summed E-state index contributed by atoms with van der Waals surface area (Å²) in [4.78, 5) is 28.8. The molecule has 0 saturated carbocycles. The van der Waals surface area contributed by atoms with E-state index in [9.17, 15) is 9.59 Å². The number of rotatable bonds is 3. The van der Waals surface area contributed by atoms with Gasteiger partial charge < -0.3 is 10.0 Å².